The molecule has 9 aromatic rings. The Morgan fingerprint density at radius 1 is 0.247 bits per heavy atom. The van der Waals surface area contributed by atoms with Gasteiger partial charge in [-0.2, -0.15) is 4.57 Å². The Kier molecular flexibility index (Phi) is 18.4. The van der Waals surface area contributed by atoms with Crippen molar-refractivity contribution in [1.29, 1.82) is 0 Å². The van der Waals surface area contributed by atoms with Crippen LogP contribution >= 0.6 is 7.82 Å². The first-order chi connectivity index (χ1) is 37.7. The zero-order valence-electron chi connectivity index (χ0n) is 46.1. The number of hydrogen-bond acceptors (Lipinski definition) is 4. The van der Waals surface area contributed by atoms with Gasteiger partial charge in [0.15, 0.2) is 0 Å². The van der Waals surface area contributed by atoms with Crippen LogP contribution in [0.1, 0.15) is 113 Å². The molecule has 0 spiro atoms. The second-order valence-corrected chi connectivity index (χ2v) is 22.0. The Bertz CT molecular complexity index is 3010. The Hall–Kier alpha value is -7.39. The van der Waals surface area contributed by atoms with E-state index >= 15 is 4.57 Å². The fourth-order valence-corrected chi connectivity index (χ4v) is 11.7. The summed E-state index contributed by atoms with van der Waals surface area (Å²) in [6, 6.07) is 70.5. The van der Waals surface area contributed by atoms with Crippen LogP contribution in [0.4, 0.5) is 0 Å². The standard InChI is InChI=1S/C72H75O4P/c1-7-13-52-19-31-58(32-20-52)64-43-46-70(67(49-64)61-37-25-55(16-10-4)26-38-61)74-77(73,75-71-47-44-65(59-33-21-53(14-8-2)22-34-59)50-68(71)62-39-27-56(17-11-5)28-40-62)76-72-48-45-66(60-35-23-54(15-9-3)24-36-60)51-69(72)63-41-29-57(18-12-6)30-42-63/h19-51H,7-18H2,1-6H3. The highest BCUT2D eigenvalue weighted by atomic mass is 31.2. The van der Waals surface area contributed by atoms with E-state index in [1.807, 2.05) is 36.4 Å². The summed E-state index contributed by atoms with van der Waals surface area (Å²) in [5, 5.41) is 0. The lowest BCUT2D eigenvalue weighted by Crippen LogP contribution is -2.09. The number of hydrogen-bond donors (Lipinski definition) is 0. The van der Waals surface area contributed by atoms with Crippen LogP contribution in [0, 0.1) is 0 Å². The molecule has 0 unspecified atom stereocenters. The summed E-state index contributed by atoms with van der Waals surface area (Å²) in [6.45, 7) is 13.2. The second-order valence-electron chi connectivity index (χ2n) is 20.5. The molecule has 9 rings (SSSR count). The van der Waals surface area contributed by atoms with Crippen molar-refractivity contribution in [3.8, 4) is 84.0 Å². The SMILES string of the molecule is CCCc1ccc(-c2ccc(OP(=O)(Oc3ccc(-c4ccc(CCC)cc4)cc3-c3ccc(CCC)cc3)Oc3ccc(-c4ccc(CCC)cc4)cc3-c3ccc(CCC)cc3)c(-c3ccc(CCC)cc3)c2)cc1. The molecule has 0 N–H and O–H groups in total. The van der Waals surface area contributed by atoms with Crippen LogP contribution in [0.2, 0.25) is 0 Å². The fraction of sp³-hybridized carbons (Fsp3) is 0.250. The van der Waals surface area contributed by atoms with Gasteiger partial charge >= 0.3 is 7.82 Å². The van der Waals surface area contributed by atoms with Gasteiger partial charge in [0.1, 0.15) is 17.2 Å². The van der Waals surface area contributed by atoms with E-state index < -0.39 is 7.82 Å². The highest BCUT2D eigenvalue weighted by Crippen LogP contribution is 2.55. The third kappa shape index (κ3) is 13.8. The number of phosphoric acid groups is 1. The summed E-state index contributed by atoms with van der Waals surface area (Å²) in [5.41, 5.74) is 19.1. The van der Waals surface area contributed by atoms with Crippen molar-refractivity contribution in [2.24, 2.45) is 0 Å². The van der Waals surface area contributed by atoms with E-state index in [-0.39, 0.29) is 0 Å². The van der Waals surface area contributed by atoms with Gasteiger partial charge in [-0.25, -0.2) is 0 Å². The molecule has 77 heavy (non-hydrogen) atoms. The molecule has 0 saturated heterocycles. The molecule has 4 nitrogen and oxygen atoms in total. The first-order valence-corrected chi connectivity index (χ1v) is 29.8. The van der Waals surface area contributed by atoms with Crippen LogP contribution < -0.4 is 13.6 Å². The van der Waals surface area contributed by atoms with Gasteiger partial charge in [-0.15, -0.1) is 0 Å². The van der Waals surface area contributed by atoms with Crippen LogP contribution in [-0.2, 0) is 43.1 Å². The Balaban J connectivity index is 1.21. The molecule has 392 valence electrons. The molecule has 0 heterocycles. The molecule has 0 aliphatic heterocycles. The largest absolute Gasteiger partial charge is 0.647 e. The highest BCUT2D eigenvalue weighted by molar-refractivity contribution is 7.49. The quantitative estimate of drug-likeness (QED) is 0.0566. The number of aryl methyl sites for hydroxylation is 6. The predicted molar refractivity (Wildman–Crippen MR) is 325 cm³/mol. The van der Waals surface area contributed by atoms with Crippen LogP contribution in [-0.4, -0.2) is 0 Å². The van der Waals surface area contributed by atoms with Crippen molar-refractivity contribution in [3.63, 3.8) is 0 Å². The van der Waals surface area contributed by atoms with Gasteiger partial charge in [-0.05, 0) is 158 Å². The molecule has 0 amide bonds. The maximum Gasteiger partial charge on any atom is 0.647 e. The summed E-state index contributed by atoms with van der Waals surface area (Å²) >= 11 is 0. The topological polar surface area (TPSA) is 44.8 Å². The predicted octanol–water partition coefficient (Wildman–Crippen LogP) is 21.0. The van der Waals surface area contributed by atoms with E-state index in [1.54, 1.807) is 0 Å². The number of rotatable bonds is 24. The normalized spacial score (nSPS) is 11.4. The molecule has 0 aliphatic rings. The Morgan fingerprint density at radius 2 is 0.429 bits per heavy atom. The molecule has 0 bridgehead atoms. The third-order valence-electron chi connectivity index (χ3n) is 14.5. The van der Waals surface area contributed by atoms with Gasteiger partial charge in [0.2, 0.25) is 0 Å². The van der Waals surface area contributed by atoms with Crippen molar-refractivity contribution >= 4 is 7.82 Å². The minimum Gasteiger partial charge on any atom is -0.385 e. The summed E-state index contributed by atoms with van der Waals surface area (Å²) in [5.74, 6) is 1.14. The molecule has 9 aromatic carbocycles. The molecule has 0 atom stereocenters. The van der Waals surface area contributed by atoms with Crippen LogP contribution in [0.5, 0.6) is 17.2 Å². The lowest BCUT2D eigenvalue weighted by molar-refractivity contribution is 0.299. The fourth-order valence-electron chi connectivity index (χ4n) is 10.3. The van der Waals surface area contributed by atoms with E-state index in [0.717, 1.165) is 144 Å². The van der Waals surface area contributed by atoms with Gasteiger partial charge < -0.3 is 13.6 Å². The smallest absolute Gasteiger partial charge is 0.385 e. The zero-order chi connectivity index (χ0) is 53.6. The summed E-state index contributed by atoms with van der Waals surface area (Å²) in [7, 11) is -4.69. The van der Waals surface area contributed by atoms with E-state index in [1.165, 1.54) is 33.4 Å². The monoisotopic (exact) mass is 1030 g/mol. The molecule has 0 fully saturated rings. The van der Waals surface area contributed by atoms with Crippen molar-refractivity contribution < 1.29 is 18.1 Å². The van der Waals surface area contributed by atoms with Gasteiger partial charge in [-0.3, -0.25) is 0 Å². The molecule has 5 heteroatoms. The van der Waals surface area contributed by atoms with Crippen molar-refractivity contribution in [2.45, 2.75) is 119 Å². The van der Waals surface area contributed by atoms with Gasteiger partial charge in [0.05, 0.1) is 0 Å². The first kappa shape index (κ1) is 54.4. The highest BCUT2D eigenvalue weighted by Gasteiger charge is 2.37. The van der Waals surface area contributed by atoms with Gasteiger partial charge in [-0.1, -0.05) is 244 Å². The number of benzene rings is 9. The van der Waals surface area contributed by atoms with E-state index in [9.17, 15) is 0 Å². The van der Waals surface area contributed by atoms with E-state index in [4.69, 9.17) is 13.6 Å². The summed E-state index contributed by atoms with van der Waals surface area (Å²) in [6.07, 6.45) is 12.4. The molecule has 0 radical (unpaired) electrons. The minimum atomic E-state index is -4.69. The zero-order valence-corrected chi connectivity index (χ0v) is 47.0. The van der Waals surface area contributed by atoms with E-state index in [2.05, 4.69) is 205 Å². The van der Waals surface area contributed by atoms with E-state index in [0.29, 0.717) is 17.2 Å². The Labute approximate surface area is 459 Å². The minimum absolute atomic E-state index is 0.381. The lowest BCUT2D eigenvalue weighted by atomic mass is 9.96. The summed E-state index contributed by atoms with van der Waals surface area (Å²) < 4.78 is 37.6. The molecule has 0 aliphatic carbocycles. The van der Waals surface area contributed by atoms with Crippen LogP contribution in [0.25, 0.3) is 66.8 Å². The molecule has 0 saturated carbocycles. The maximum atomic E-state index is 16.6. The van der Waals surface area contributed by atoms with Crippen LogP contribution in [0.3, 0.4) is 0 Å². The average molecular weight is 1040 g/mol. The second kappa shape index (κ2) is 26.1. The maximum absolute atomic E-state index is 16.6. The van der Waals surface area contributed by atoms with Crippen molar-refractivity contribution in [2.75, 3.05) is 0 Å². The molecular weight excluding hydrogens is 960 g/mol. The average Bonchev–Trinajstić information content (AvgIpc) is 3.47. The van der Waals surface area contributed by atoms with Crippen molar-refractivity contribution in [1.82, 2.24) is 0 Å². The third-order valence-corrected chi connectivity index (χ3v) is 15.7. The molecular formula is C72H75O4P. The first-order valence-electron chi connectivity index (χ1n) is 28.3. The lowest BCUT2D eigenvalue weighted by Gasteiger charge is -2.24. The van der Waals surface area contributed by atoms with Crippen molar-refractivity contribution in [3.05, 3.63) is 234 Å². The number of phosphoric ester groups is 1. The van der Waals surface area contributed by atoms with Crippen LogP contribution in [0.15, 0.2) is 200 Å². The molecule has 0 aromatic heterocycles. The summed E-state index contributed by atoms with van der Waals surface area (Å²) in [4.78, 5) is 0. The van der Waals surface area contributed by atoms with Gasteiger partial charge in [0, 0.05) is 16.7 Å². The van der Waals surface area contributed by atoms with Gasteiger partial charge in [0.25, 0.3) is 0 Å². The Morgan fingerprint density at radius 3 is 0.623 bits per heavy atom.